The van der Waals surface area contributed by atoms with Crippen LogP contribution in [0.1, 0.15) is 61.7 Å². The van der Waals surface area contributed by atoms with Crippen LogP contribution in [0.5, 0.6) is 0 Å². The van der Waals surface area contributed by atoms with E-state index in [9.17, 15) is 42.5 Å². The van der Waals surface area contributed by atoms with Crippen LogP contribution in [0.2, 0.25) is 0 Å². The Labute approximate surface area is 572 Å². The first kappa shape index (κ1) is 23.1. The molecule has 17 rings (SSSR count). The molecule has 0 aliphatic rings. The van der Waals surface area contributed by atoms with Gasteiger partial charge in [-0.25, -0.2) is 4.98 Å². The molecule has 0 amide bonds. The van der Waals surface area contributed by atoms with Crippen LogP contribution >= 0.6 is 0 Å². The average Bonchev–Trinajstić information content (AvgIpc) is 1.51. The third-order valence-corrected chi connectivity index (χ3v) is 18.6. The van der Waals surface area contributed by atoms with E-state index in [0.29, 0.717) is 20.6 Å². The molecule has 0 aliphatic carbocycles. The molecule has 88 heavy (non-hydrogen) atoms. The first-order valence-corrected chi connectivity index (χ1v) is 28.2. The number of aromatic nitrogens is 5. The first-order valence-electron chi connectivity index (χ1n) is 48.7. The van der Waals surface area contributed by atoms with Gasteiger partial charge < -0.3 is 8.98 Å². The molecule has 0 fully saturated rings. The largest absolute Gasteiger partial charge is 0.456 e. The molecule has 7 heteroatoms. The minimum absolute atomic E-state index is 0.145. The van der Waals surface area contributed by atoms with Gasteiger partial charge >= 0.3 is 0 Å². The maximum Gasteiger partial charge on any atom is 0.238 e. The molecule has 0 N–H and O–H groups in total. The molecule has 4 aromatic heterocycles. The molecule has 0 bridgehead atoms. The van der Waals surface area contributed by atoms with Gasteiger partial charge in [-0.2, -0.15) is 9.97 Å². The standard InChI is InChI=1S/C81H53N5OSi/c1-3-23-54(24-4-1)56-27-19-31-61(49-56)88(62-32-20-28-57(50-62)55-25-5-2-6-26-55,63-33-21-29-58(51-63)59-47-48-78-71(53-59)69-39-12-18-46-77(69)87-78)64-34-22-30-60(52-64)79-82-80(84-81(83-79)86-74-43-15-9-37-67(74)68-38-10-16-44-75(68)86)70-40-11-17-45-76(70)85-72-41-13-7-35-65(72)66-36-8-14-42-73(66)85/h1-53H/i1D,2D,3D,4D,5D,6D,7D,8D,9D,10D,11D,13D,14D,15D,16D,17D,19D,20D,21D,22D,23D,24D,25D,26D,27D,28D,29D,30D,31D,32D,33D,34D,35D,36D,37D,38D,40D,41D,42D,43D,44D,45D,49D,51D,52D. The van der Waals surface area contributed by atoms with E-state index >= 15 is 0 Å². The summed E-state index contributed by atoms with van der Waals surface area (Å²) >= 11 is 0. The van der Waals surface area contributed by atoms with E-state index < -0.39 is 407 Å². The molecular weight excluding hydrogens is 1090 g/mol. The second-order valence-electron chi connectivity index (χ2n) is 19.2. The van der Waals surface area contributed by atoms with Crippen LogP contribution in [0.4, 0.5) is 0 Å². The third-order valence-electron chi connectivity index (χ3n) is 14.5. The zero-order valence-electron chi connectivity index (χ0n) is 89.3. The summed E-state index contributed by atoms with van der Waals surface area (Å²) < 4.78 is 442. The summed E-state index contributed by atoms with van der Waals surface area (Å²) in [6, 6.07) is -44.7. The van der Waals surface area contributed by atoms with Gasteiger partial charge in [0.25, 0.3) is 0 Å². The van der Waals surface area contributed by atoms with Crippen LogP contribution in [-0.4, -0.2) is 32.2 Å². The van der Waals surface area contributed by atoms with Crippen LogP contribution in [0.3, 0.4) is 0 Å². The van der Waals surface area contributed by atoms with E-state index in [1.165, 1.54) is 18.2 Å². The van der Waals surface area contributed by atoms with Crippen LogP contribution in [0, 0.1) is 0 Å². The summed E-state index contributed by atoms with van der Waals surface area (Å²) in [4.78, 5) is 14.1. The Morgan fingerprint density at radius 3 is 1.39 bits per heavy atom. The maximum atomic E-state index is 11.5. The molecule has 13 aromatic carbocycles. The molecule has 412 valence electrons. The summed E-state index contributed by atoms with van der Waals surface area (Å²) in [7, 11) is -7.27. The monoisotopic (exact) mass is 1180 g/mol. The van der Waals surface area contributed by atoms with E-state index in [0.717, 1.165) is 0 Å². The van der Waals surface area contributed by atoms with E-state index in [4.69, 9.17) is 38.6 Å². The first-order chi connectivity index (χ1) is 62.3. The quantitative estimate of drug-likeness (QED) is 0.0956. The fraction of sp³-hybridized carbons (Fsp3) is 0. The number of nitrogens with zero attached hydrogens (tertiary/aromatic N) is 5. The highest BCUT2D eigenvalue weighted by Crippen LogP contribution is 2.38. The maximum absolute atomic E-state index is 11.5. The zero-order chi connectivity index (χ0) is 97.3. The Balaban J connectivity index is 1.17. The van der Waals surface area contributed by atoms with E-state index in [-0.39, 0.29) is 22.1 Å². The van der Waals surface area contributed by atoms with Gasteiger partial charge in [-0.05, 0) is 109 Å². The fourth-order valence-electron chi connectivity index (χ4n) is 10.7. The van der Waals surface area contributed by atoms with Crippen molar-refractivity contribution in [2.24, 2.45) is 0 Å². The molecule has 1 atom stereocenters. The Hall–Kier alpha value is -11.5. The van der Waals surface area contributed by atoms with Gasteiger partial charge in [0.15, 0.2) is 19.7 Å². The molecule has 0 radical (unpaired) electrons. The van der Waals surface area contributed by atoms with Crippen molar-refractivity contribution in [3.05, 3.63) is 320 Å². The number of rotatable bonds is 11. The van der Waals surface area contributed by atoms with Crippen LogP contribution in [-0.2, 0) is 0 Å². The Kier molecular flexibility index (Phi) is 5.48. The summed E-state index contributed by atoms with van der Waals surface area (Å²) in [5, 5.41) is -7.85. The van der Waals surface area contributed by atoms with Crippen molar-refractivity contribution in [3.63, 3.8) is 0 Å². The van der Waals surface area contributed by atoms with Crippen molar-refractivity contribution < 1.29 is 66.1 Å². The number of hydrogen-bond acceptors (Lipinski definition) is 4. The van der Waals surface area contributed by atoms with Crippen LogP contribution in [0.15, 0.2) is 325 Å². The van der Waals surface area contributed by atoms with Gasteiger partial charge in [0, 0.05) is 43.4 Å². The van der Waals surface area contributed by atoms with Crippen molar-refractivity contribution in [1.82, 2.24) is 24.1 Å². The van der Waals surface area contributed by atoms with Crippen molar-refractivity contribution in [2.75, 3.05) is 0 Å². The third kappa shape index (κ3) is 8.35. The Morgan fingerprint density at radius 2 is 0.761 bits per heavy atom. The normalized spacial score (nSPS) is 19.6. The molecule has 0 saturated carbocycles. The molecule has 0 saturated heterocycles. The van der Waals surface area contributed by atoms with Gasteiger partial charge in [0.05, 0.1) is 89.4 Å². The number of furan rings is 1. The second kappa shape index (κ2) is 20.9. The Morgan fingerprint density at radius 1 is 0.307 bits per heavy atom. The minimum atomic E-state index is -7.27. The minimum Gasteiger partial charge on any atom is -0.456 e. The molecule has 4 heterocycles. The zero-order valence-corrected chi connectivity index (χ0v) is 45.3. The summed E-state index contributed by atoms with van der Waals surface area (Å²) in [6.45, 7) is 0. The number of fused-ring (bicyclic) bond motifs is 9. The number of benzene rings is 13. The lowest BCUT2D eigenvalue weighted by molar-refractivity contribution is 0.669. The molecule has 17 aromatic rings. The van der Waals surface area contributed by atoms with Crippen molar-refractivity contribution >= 4 is 94.4 Å². The van der Waals surface area contributed by atoms with Gasteiger partial charge in [-0.15, -0.1) is 0 Å². The lowest BCUT2D eigenvalue weighted by Crippen LogP contribution is -2.74. The van der Waals surface area contributed by atoms with Gasteiger partial charge in [-0.1, -0.05) is 266 Å². The average molecular weight is 1190 g/mol. The summed E-state index contributed by atoms with van der Waals surface area (Å²) in [5.74, 6) is -4.11. The van der Waals surface area contributed by atoms with Gasteiger partial charge in [0.2, 0.25) is 5.95 Å². The van der Waals surface area contributed by atoms with E-state index in [1.54, 1.807) is 24.3 Å². The predicted molar refractivity (Wildman–Crippen MR) is 367 cm³/mol. The van der Waals surface area contributed by atoms with E-state index in [2.05, 4.69) is 0 Å². The molecule has 0 aliphatic heterocycles. The molecule has 0 spiro atoms. The fourth-order valence-corrected chi connectivity index (χ4v) is 14.6. The molecule has 1 unspecified atom stereocenters. The van der Waals surface area contributed by atoms with Crippen LogP contribution in [0.25, 0.3) is 133 Å². The predicted octanol–water partition coefficient (Wildman–Crippen LogP) is 17.7. The highest BCUT2D eigenvalue weighted by Gasteiger charge is 2.43. The second-order valence-corrected chi connectivity index (χ2v) is 22.8. The molecular formula is C81H53N5OSi. The molecule has 6 nitrogen and oxygen atoms in total. The SMILES string of the molecule is [2H]c1c(-c2c([2H])c([2H])c([2H])c([2H])c2[2H])cc([Si](c2c([2H])c([2H])c([2H])c(-c3ccc4oc5ccccc5c4c3)c2[2H])(c2c([2H])c([2H])c([2H])c(-c3nc(-c4c([2H])c([2H])c([2H])c([2H])c4-n4c5c([2H])c([2H])c([2H])c([2H])c5c5c([2H])c([2H])c([2H])c([2H])c54)nc(-n4c5c([2H])c([2H])c([2H])c([2H])c5c5c([2H])c([2H])c([2H])c([2H])c54)n3)c2[2H])c2c([2H])c([2H])c([2H])c(-c3c([2H])c([2H])c([2H])c([2H])c3[2H])c2[2H])c([2H])c1[2H]. The highest BCUT2D eigenvalue weighted by molar-refractivity contribution is 7.20. The lowest BCUT2D eigenvalue weighted by Gasteiger charge is -2.35. The lowest BCUT2D eigenvalue weighted by atomic mass is 10.0. The smallest absolute Gasteiger partial charge is 0.238 e. The van der Waals surface area contributed by atoms with Gasteiger partial charge in [-0.3, -0.25) is 4.57 Å². The van der Waals surface area contributed by atoms with Crippen molar-refractivity contribution in [3.8, 4) is 67.8 Å². The number of hydrogen-bond donors (Lipinski definition) is 0. The topological polar surface area (TPSA) is 61.7 Å². The van der Waals surface area contributed by atoms with Crippen molar-refractivity contribution in [2.45, 2.75) is 0 Å². The van der Waals surface area contributed by atoms with E-state index in [1.807, 2.05) is 0 Å². The van der Waals surface area contributed by atoms with Crippen molar-refractivity contribution in [1.29, 1.82) is 0 Å². The highest BCUT2D eigenvalue weighted by atomic mass is 28.3. The number of para-hydroxylation sites is 6. The summed E-state index contributed by atoms with van der Waals surface area (Å²) in [5.41, 5.74) is -12.4. The summed E-state index contributed by atoms with van der Waals surface area (Å²) in [6.07, 6.45) is 0. The van der Waals surface area contributed by atoms with Crippen LogP contribution < -0.4 is 20.7 Å². The van der Waals surface area contributed by atoms with Gasteiger partial charge in [0.1, 0.15) is 11.2 Å². The Bertz CT molecular complexity index is 8140.